The zero-order valence-electron chi connectivity index (χ0n) is 9.65. The molecule has 2 rings (SSSR count). The highest BCUT2D eigenvalue weighted by molar-refractivity contribution is 5.25. The predicted molar refractivity (Wildman–Crippen MR) is 62.6 cm³/mol. The van der Waals surface area contributed by atoms with Crippen molar-refractivity contribution in [3.05, 3.63) is 29.6 Å². The lowest BCUT2D eigenvalue weighted by atomic mass is 9.86. The van der Waals surface area contributed by atoms with Gasteiger partial charge in [-0.15, -0.1) is 0 Å². The van der Waals surface area contributed by atoms with Gasteiger partial charge in [0.25, 0.3) is 0 Å². The maximum absolute atomic E-state index is 5.69. The molecule has 1 atom stereocenters. The van der Waals surface area contributed by atoms with Gasteiger partial charge in [0.2, 0.25) is 0 Å². The Morgan fingerprint density at radius 2 is 2.25 bits per heavy atom. The SMILES string of the molecule is Cc1cnccc1C(NN)C1CCOCC1. The van der Waals surface area contributed by atoms with Gasteiger partial charge < -0.3 is 4.74 Å². The van der Waals surface area contributed by atoms with Gasteiger partial charge in [0.15, 0.2) is 0 Å². The highest BCUT2D eigenvalue weighted by Crippen LogP contribution is 2.30. The highest BCUT2D eigenvalue weighted by Gasteiger charge is 2.25. The van der Waals surface area contributed by atoms with E-state index in [0.29, 0.717) is 5.92 Å². The summed E-state index contributed by atoms with van der Waals surface area (Å²) >= 11 is 0. The van der Waals surface area contributed by atoms with Crippen LogP contribution in [-0.2, 0) is 4.74 Å². The molecule has 0 aliphatic carbocycles. The van der Waals surface area contributed by atoms with Crippen LogP contribution in [0.25, 0.3) is 0 Å². The maximum atomic E-state index is 5.69. The Kier molecular flexibility index (Phi) is 3.88. The summed E-state index contributed by atoms with van der Waals surface area (Å²) in [6, 6.07) is 2.27. The normalized spacial score (nSPS) is 19.6. The van der Waals surface area contributed by atoms with Gasteiger partial charge in [0, 0.05) is 31.6 Å². The number of aryl methyl sites for hydroxylation is 1. The van der Waals surface area contributed by atoms with Gasteiger partial charge in [-0.25, -0.2) is 0 Å². The summed E-state index contributed by atoms with van der Waals surface area (Å²) in [6.07, 6.45) is 5.85. The smallest absolute Gasteiger partial charge is 0.0493 e. The average molecular weight is 221 g/mol. The first kappa shape index (κ1) is 11.5. The number of rotatable bonds is 3. The Bertz CT molecular complexity index is 337. The van der Waals surface area contributed by atoms with E-state index in [1.165, 1.54) is 11.1 Å². The first-order valence-electron chi connectivity index (χ1n) is 5.77. The van der Waals surface area contributed by atoms with Crippen LogP contribution in [0.15, 0.2) is 18.5 Å². The fourth-order valence-corrected chi connectivity index (χ4v) is 2.36. The van der Waals surface area contributed by atoms with Gasteiger partial charge in [0.1, 0.15) is 0 Å². The third-order valence-electron chi connectivity index (χ3n) is 3.32. The van der Waals surface area contributed by atoms with Crippen molar-refractivity contribution in [3.8, 4) is 0 Å². The number of hydrogen-bond donors (Lipinski definition) is 2. The van der Waals surface area contributed by atoms with Crippen LogP contribution in [0.3, 0.4) is 0 Å². The van der Waals surface area contributed by atoms with Gasteiger partial charge >= 0.3 is 0 Å². The van der Waals surface area contributed by atoms with Crippen molar-refractivity contribution in [2.75, 3.05) is 13.2 Å². The number of hydrazine groups is 1. The maximum Gasteiger partial charge on any atom is 0.0493 e. The van der Waals surface area contributed by atoms with Gasteiger partial charge in [0.05, 0.1) is 0 Å². The van der Waals surface area contributed by atoms with E-state index in [-0.39, 0.29) is 6.04 Å². The van der Waals surface area contributed by atoms with E-state index in [1.54, 1.807) is 0 Å². The average Bonchev–Trinajstić information content (AvgIpc) is 2.34. The fourth-order valence-electron chi connectivity index (χ4n) is 2.36. The molecule has 88 valence electrons. The van der Waals surface area contributed by atoms with E-state index < -0.39 is 0 Å². The molecule has 1 aromatic heterocycles. The van der Waals surface area contributed by atoms with Gasteiger partial charge in [-0.3, -0.25) is 16.3 Å². The number of aromatic nitrogens is 1. The minimum Gasteiger partial charge on any atom is -0.381 e. The molecular weight excluding hydrogens is 202 g/mol. The molecule has 4 nitrogen and oxygen atoms in total. The predicted octanol–water partition coefficient (Wildman–Crippen LogP) is 1.32. The second-order valence-electron chi connectivity index (χ2n) is 4.33. The standard InChI is InChI=1S/C12H19N3O/c1-9-8-14-5-2-11(9)12(15-13)10-3-6-16-7-4-10/h2,5,8,10,12,15H,3-4,6-7,13H2,1H3. The molecule has 0 saturated carbocycles. The van der Waals surface area contributed by atoms with Crippen molar-refractivity contribution in [2.24, 2.45) is 11.8 Å². The number of nitrogens with one attached hydrogen (secondary N) is 1. The van der Waals surface area contributed by atoms with Crippen LogP contribution in [0.1, 0.15) is 30.0 Å². The van der Waals surface area contributed by atoms with Crippen molar-refractivity contribution in [3.63, 3.8) is 0 Å². The van der Waals surface area contributed by atoms with Crippen LogP contribution in [-0.4, -0.2) is 18.2 Å². The minimum atomic E-state index is 0.215. The number of hydrogen-bond acceptors (Lipinski definition) is 4. The second-order valence-corrected chi connectivity index (χ2v) is 4.33. The topological polar surface area (TPSA) is 60.2 Å². The van der Waals surface area contributed by atoms with E-state index in [2.05, 4.69) is 23.4 Å². The second kappa shape index (κ2) is 5.39. The molecule has 2 heterocycles. The molecule has 1 aromatic rings. The lowest BCUT2D eigenvalue weighted by molar-refractivity contribution is 0.0535. The van der Waals surface area contributed by atoms with Crippen LogP contribution in [0.4, 0.5) is 0 Å². The quantitative estimate of drug-likeness (QED) is 0.597. The first-order valence-corrected chi connectivity index (χ1v) is 5.77. The highest BCUT2D eigenvalue weighted by atomic mass is 16.5. The zero-order chi connectivity index (χ0) is 11.4. The van der Waals surface area contributed by atoms with Gasteiger partial charge in [-0.1, -0.05) is 0 Å². The van der Waals surface area contributed by atoms with E-state index in [4.69, 9.17) is 10.6 Å². The van der Waals surface area contributed by atoms with E-state index in [1.807, 2.05) is 12.4 Å². The summed E-state index contributed by atoms with van der Waals surface area (Å²) in [5.74, 6) is 6.25. The summed E-state index contributed by atoms with van der Waals surface area (Å²) in [4.78, 5) is 4.11. The molecule has 1 fully saturated rings. The molecule has 3 N–H and O–H groups in total. The van der Waals surface area contributed by atoms with Crippen LogP contribution < -0.4 is 11.3 Å². The van der Waals surface area contributed by atoms with E-state index >= 15 is 0 Å². The van der Waals surface area contributed by atoms with Gasteiger partial charge in [-0.05, 0) is 42.9 Å². The van der Waals surface area contributed by atoms with E-state index in [9.17, 15) is 0 Å². The monoisotopic (exact) mass is 221 g/mol. The molecule has 0 spiro atoms. The Labute approximate surface area is 96.2 Å². The van der Waals surface area contributed by atoms with Crippen LogP contribution in [0.5, 0.6) is 0 Å². The molecule has 0 amide bonds. The first-order chi connectivity index (χ1) is 7.83. The molecule has 0 radical (unpaired) electrons. The Morgan fingerprint density at radius 1 is 1.50 bits per heavy atom. The van der Waals surface area contributed by atoms with Crippen molar-refractivity contribution >= 4 is 0 Å². The summed E-state index contributed by atoms with van der Waals surface area (Å²) in [7, 11) is 0. The van der Waals surface area contributed by atoms with Gasteiger partial charge in [-0.2, -0.15) is 0 Å². The van der Waals surface area contributed by atoms with Crippen molar-refractivity contribution < 1.29 is 4.74 Å². The molecule has 0 bridgehead atoms. The Balaban J connectivity index is 2.18. The summed E-state index contributed by atoms with van der Waals surface area (Å²) in [5, 5.41) is 0. The van der Waals surface area contributed by atoms with Crippen molar-refractivity contribution in [1.82, 2.24) is 10.4 Å². The third kappa shape index (κ3) is 2.40. The molecule has 1 saturated heterocycles. The molecular formula is C12H19N3O. The largest absolute Gasteiger partial charge is 0.381 e. The Morgan fingerprint density at radius 3 is 2.88 bits per heavy atom. The van der Waals surface area contributed by atoms with Crippen molar-refractivity contribution in [2.45, 2.75) is 25.8 Å². The minimum absolute atomic E-state index is 0.215. The third-order valence-corrected chi connectivity index (χ3v) is 3.32. The summed E-state index contributed by atoms with van der Waals surface area (Å²) in [5.41, 5.74) is 5.39. The molecule has 1 aliphatic rings. The number of nitrogens with two attached hydrogens (primary N) is 1. The van der Waals surface area contributed by atoms with Crippen molar-refractivity contribution in [1.29, 1.82) is 0 Å². The van der Waals surface area contributed by atoms with Crippen LogP contribution in [0, 0.1) is 12.8 Å². The number of nitrogens with zero attached hydrogens (tertiary/aromatic N) is 1. The van der Waals surface area contributed by atoms with Crippen LogP contribution >= 0.6 is 0 Å². The lowest BCUT2D eigenvalue weighted by Crippen LogP contribution is -2.36. The number of pyridine rings is 1. The molecule has 1 aliphatic heterocycles. The molecule has 16 heavy (non-hydrogen) atoms. The molecule has 1 unspecified atom stereocenters. The zero-order valence-corrected chi connectivity index (χ0v) is 9.65. The Hall–Kier alpha value is -0.970. The lowest BCUT2D eigenvalue weighted by Gasteiger charge is -2.30. The fraction of sp³-hybridized carbons (Fsp3) is 0.583. The van der Waals surface area contributed by atoms with E-state index in [0.717, 1.165) is 26.1 Å². The number of ether oxygens (including phenoxy) is 1. The summed E-state index contributed by atoms with van der Waals surface area (Å²) < 4.78 is 5.38. The molecule has 4 heteroatoms. The summed E-state index contributed by atoms with van der Waals surface area (Å²) in [6.45, 7) is 3.76. The van der Waals surface area contributed by atoms with Crippen LogP contribution in [0.2, 0.25) is 0 Å². The molecule has 0 aromatic carbocycles.